The van der Waals surface area contributed by atoms with Crippen LogP contribution in [0, 0.1) is 6.92 Å². The number of carboxylic acid groups (broad SMARTS) is 1. The highest BCUT2D eigenvalue weighted by Gasteiger charge is 2.45. The Bertz CT molecular complexity index is 668. The van der Waals surface area contributed by atoms with Crippen LogP contribution in [0.5, 0.6) is 0 Å². The fraction of sp³-hybridized carbons (Fsp3) is 0.583. The second-order valence-corrected chi connectivity index (χ2v) is 7.86. The minimum atomic E-state index is -1.38. The van der Waals surface area contributed by atoms with E-state index in [-0.39, 0.29) is 0 Å². The van der Waals surface area contributed by atoms with E-state index in [4.69, 9.17) is 0 Å². The van der Waals surface area contributed by atoms with E-state index in [1.807, 2.05) is 18.0 Å². The summed E-state index contributed by atoms with van der Waals surface area (Å²) in [4.78, 5) is 18.7. The van der Waals surface area contributed by atoms with Gasteiger partial charge in [0.2, 0.25) is 10.1 Å². The van der Waals surface area contributed by atoms with E-state index in [0.29, 0.717) is 25.9 Å². The van der Waals surface area contributed by atoms with Gasteiger partial charge < -0.3 is 10.0 Å². The molecule has 114 valence electrons. The molecule has 21 heavy (non-hydrogen) atoms. The number of hydrogen-bond donors (Lipinski definition) is 1. The number of aliphatic carboxylic acids is 1. The number of piperidine rings is 1. The largest absolute Gasteiger partial charge is 0.480 e. The molecule has 3 heterocycles. The first-order valence-corrected chi connectivity index (χ1v) is 8.94. The Morgan fingerprint density at radius 2 is 2.14 bits per heavy atom. The third-order valence-corrected chi connectivity index (χ3v) is 6.60. The summed E-state index contributed by atoms with van der Waals surface area (Å²) >= 11 is 1.48. The molecule has 3 rings (SSSR count). The number of aryl methyl sites for hydroxylation is 1. The third kappa shape index (κ3) is 2.34. The van der Waals surface area contributed by atoms with Crippen molar-refractivity contribution in [2.75, 3.05) is 24.2 Å². The third-order valence-electron chi connectivity index (χ3n) is 3.93. The molecule has 9 heteroatoms. The maximum absolute atomic E-state index is 11.8. The highest BCUT2D eigenvalue weighted by molar-refractivity contribution is 7.86. The van der Waals surface area contributed by atoms with Crippen molar-refractivity contribution in [3.8, 4) is 0 Å². The summed E-state index contributed by atoms with van der Waals surface area (Å²) in [5, 5.41) is 14.7. The van der Waals surface area contributed by atoms with E-state index >= 15 is 0 Å². The first-order valence-electron chi connectivity index (χ1n) is 6.57. The number of rotatable bonds is 3. The van der Waals surface area contributed by atoms with Gasteiger partial charge in [0.05, 0.1) is 11.9 Å². The minimum Gasteiger partial charge on any atom is -0.480 e. The Morgan fingerprint density at radius 1 is 1.48 bits per heavy atom. The molecule has 0 amide bonds. The van der Waals surface area contributed by atoms with Crippen molar-refractivity contribution in [3.05, 3.63) is 11.9 Å². The Labute approximate surface area is 128 Å². The van der Waals surface area contributed by atoms with Crippen LogP contribution in [-0.2, 0) is 15.6 Å². The second kappa shape index (κ2) is 5.06. The molecule has 1 unspecified atom stereocenters. The summed E-state index contributed by atoms with van der Waals surface area (Å²) in [7, 11) is -1.38. The Hall–Kier alpha value is -1.48. The zero-order chi connectivity index (χ0) is 15.2. The lowest BCUT2D eigenvalue weighted by atomic mass is 9.96. The van der Waals surface area contributed by atoms with Gasteiger partial charge in [-0.15, -0.1) is 5.10 Å². The van der Waals surface area contributed by atoms with Crippen LogP contribution in [0.15, 0.2) is 6.20 Å². The van der Waals surface area contributed by atoms with Crippen LogP contribution in [0.4, 0.5) is 5.13 Å². The van der Waals surface area contributed by atoms with Gasteiger partial charge in [-0.2, -0.15) is 0 Å². The van der Waals surface area contributed by atoms with Crippen molar-refractivity contribution in [2.45, 2.75) is 24.5 Å². The van der Waals surface area contributed by atoms with Crippen LogP contribution in [0.2, 0.25) is 0 Å². The topological polar surface area (TPSA) is 87.8 Å². The van der Waals surface area contributed by atoms with Crippen LogP contribution in [0.1, 0.15) is 18.5 Å². The van der Waals surface area contributed by atoms with Crippen LogP contribution in [0.3, 0.4) is 0 Å². The second-order valence-electron chi connectivity index (χ2n) is 5.23. The highest BCUT2D eigenvalue weighted by atomic mass is 32.2. The number of carbonyl (C=O) groups is 1. The molecule has 2 aromatic heterocycles. The zero-order valence-electron chi connectivity index (χ0n) is 11.8. The van der Waals surface area contributed by atoms with Crippen molar-refractivity contribution >= 4 is 38.2 Å². The molecule has 0 radical (unpaired) electrons. The van der Waals surface area contributed by atoms with E-state index < -0.39 is 21.5 Å². The van der Waals surface area contributed by atoms with E-state index in [1.165, 1.54) is 17.6 Å². The molecule has 1 atom stereocenters. The Kier molecular flexibility index (Phi) is 3.48. The van der Waals surface area contributed by atoms with Gasteiger partial charge in [-0.25, -0.2) is 9.50 Å². The summed E-state index contributed by atoms with van der Waals surface area (Å²) < 4.78 is 12.4. The number of anilines is 1. The molecule has 0 saturated carbocycles. The summed E-state index contributed by atoms with van der Waals surface area (Å²) in [6.45, 7) is 3.00. The maximum Gasteiger partial charge on any atom is 0.322 e. The number of imidazole rings is 1. The van der Waals surface area contributed by atoms with Gasteiger partial charge in [-0.1, -0.05) is 11.3 Å². The van der Waals surface area contributed by atoms with Gasteiger partial charge in [-0.3, -0.25) is 9.00 Å². The molecule has 1 fully saturated rings. The van der Waals surface area contributed by atoms with E-state index in [0.717, 1.165) is 15.8 Å². The average molecular weight is 328 g/mol. The summed E-state index contributed by atoms with van der Waals surface area (Å²) in [5.41, 5.74) is 0.921. The predicted molar refractivity (Wildman–Crippen MR) is 81.5 cm³/mol. The fourth-order valence-electron chi connectivity index (χ4n) is 2.61. The fourth-order valence-corrected chi connectivity index (χ4v) is 4.59. The number of nitrogens with zero attached hydrogens (tertiary/aromatic N) is 4. The quantitative estimate of drug-likeness (QED) is 0.901. The zero-order valence-corrected chi connectivity index (χ0v) is 13.4. The maximum atomic E-state index is 11.8. The predicted octanol–water partition coefficient (Wildman–Crippen LogP) is 0.901. The average Bonchev–Trinajstić information content (AvgIpc) is 2.95. The normalized spacial score (nSPS) is 19.8. The standard InChI is InChI=1S/C12H16N4O3S2/c1-8-7-16-10(13-8)20-11(14-16)15-5-3-12(4-6-15,9(17)18)21(2)19/h7H,3-6H2,1-2H3,(H,17,18). The molecular weight excluding hydrogens is 312 g/mol. The van der Waals surface area contributed by atoms with Crippen molar-refractivity contribution in [1.82, 2.24) is 14.6 Å². The van der Waals surface area contributed by atoms with Gasteiger partial charge in [0, 0.05) is 30.1 Å². The number of fused-ring (bicyclic) bond motifs is 1. The molecule has 1 aliphatic rings. The first-order chi connectivity index (χ1) is 9.92. The molecule has 0 aromatic carbocycles. The molecule has 1 aliphatic heterocycles. The highest BCUT2D eigenvalue weighted by Crippen LogP contribution is 2.32. The summed E-state index contributed by atoms with van der Waals surface area (Å²) in [5.74, 6) is -0.965. The summed E-state index contributed by atoms with van der Waals surface area (Å²) in [6, 6.07) is 0. The van der Waals surface area contributed by atoms with Gasteiger partial charge >= 0.3 is 5.97 Å². The number of hydrogen-bond acceptors (Lipinski definition) is 6. The minimum absolute atomic E-state index is 0.367. The van der Waals surface area contributed by atoms with Crippen LogP contribution >= 0.6 is 11.3 Å². The van der Waals surface area contributed by atoms with Gasteiger partial charge in [-0.05, 0) is 19.8 Å². The van der Waals surface area contributed by atoms with Crippen LogP contribution < -0.4 is 4.90 Å². The lowest BCUT2D eigenvalue weighted by Gasteiger charge is -2.37. The smallest absolute Gasteiger partial charge is 0.322 e. The van der Waals surface area contributed by atoms with Gasteiger partial charge in [0.25, 0.3) is 0 Å². The number of carboxylic acids is 1. The molecule has 2 aromatic rings. The molecule has 7 nitrogen and oxygen atoms in total. The first kappa shape index (κ1) is 14.5. The molecule has 0 aliphatic carbocycles. The van der Waals surface area contributed by atoms with Crippen LogP contribution in [-0.4, -0.2) is 54.0 Å². The number of aromatic nitrogens is 3. The van der Waals surface area contributed by atoms with Crippen molar-refractivity contribution in [2.24, 2.45) is 0 Å². The van der Waals surface area contributed by atoms with Gasteiger partial charge in [0.15, 0.2) is 0 Å². The van der Waals surface area contributed by atoms with E-state index in [2.05, 4.69) is 10.1 Å². The van der Waals surface area contributed by atoms with E-state index in [9.17, 15) is 14.1 Å². The Balaban J connectivity index is 1.80. The summed E-state index contributed by atoms with van der Waals surface area (Å²) in [6.07, 6.45) is 4.07. The molecule has 1 saturated heterocycles. The SMILES string of the molecule is Cc1cn2nc(N3CCC(C(=O)O)(S(C)=O)CC3)sc2n1. The van der Waals surface area contributed by atoms with Gasteiger partial charge in [0.1, 0.15) is 4.75 Å². The molecule has 1 N–H and O–H groups in total. The molecule has 0 spiro atoms. The van der Waals surface area contributed by atoms with Crippen molar-refractivity contribution < 1.29 is 14.1 Å². The lowest BCUT2D eigenvalue weighted by molar-refractivity contribution is -0.140. The van der Waals surface area contributed by atoms with E-state index in [1.54, 1.807) is 4.52 Å². The van der Waals surface area contributed by atoms with Crippen molar-refractivity contribution in [3.63, 3.8) is 0 Å². The molecule has 0 bridgehead atoms. The molecular formula is C12H16N4O3S2. The lowest BCUT2D eigenvalue weighted by Crippen LogP contribution is -2.52. The Morgan fingerprint density at radius 3 is 2.67 bits per heavy atom. The van der Waals surface area contributed by atoms with Crippen molar-refractivity contribution in [1.29, 1.82) is 0 Å². The monoisotopic (exact) mass is 328 g/mol. The van der Waals surface area contributed by atoms with Crippen LogP contribution in [0.25, 0.3) is 4.96 Å².